The molecule has 8 rings (SSSR count). The van der Waals surface area contributed by atoms with Crippen LogP contribution >= 0.6 is 0 Å². The van der Waals surface area contributed by atoms with Gasteiger partial charge in [0.2, 0.25) is 0 Å². The second kappa shape index (κ2) is 6.56. The molecule has 8 aromatic carbocycles. The fraction of sp³-hybridized carbons (Fsp3) is 0. The molecular weight excluding hydrogens is 408 g/mol. The van der Waals surface area contributed by atoms with Gasteiger partial charge in [0, 0.05) is 0 Å². The first-order valence-electron chi connectivity index (χ1n) is 11.9. The normalized spacial score (nSPS) is 12.1. The molecule has 0 spiro atoms. The van der Waals surface area contributed by atoms with Gasteiger partial charge in [0.05, 0.1) is 0 Å². The summed E-state index contributed by atoms with van der Waals surface area (Å²) in [6.07, 6.45) is 0. The van der Waals surface area contributed by atoms with Gasteiger partial charge in [-0.05, 0) is 99.7 Å². The number of rotatable bonds is 0. The molecule has 0 radical (unpaired) electrons. The number of fused-ring (bicyclic) bond motifs is 11. The van der Waals surface area contributed by atoms with Crippen LogP contribution in [0.15, 0.2) is 121 Å². The predicted octanol–water partition coefficient (Wildman–Crippen LogP) is 9.76. The first-order chi connectivity index (χ1) is 16.8. The highest BCUT2D eigenvalue weighted by atomic mass is 14.1. The summed E-state index contributed by atoms with van der Waals surface area (Å²) < 4.78 is 0. The first kappa shape index (κ1) is 18.1. The van der Waals surface area contributed by atoms with E-state index in [1.165, 1.54) is 75.4 Å². The summed E-state index contributed by atoms with van der Waals surface area (Å²) in [5.41, 5.74) is 0. The lowest BCUT2D eigenvalue weighted by Gasteiger charge is -2.11. The lowest BCUT2D eigenvalue weighted by atomic mass is 9.92. The molecule has 0 aliphatic heterocycles. The highest BCUT2D eigenvalue weighted by molar-refractivity contribution is 6.22. The third-order valence-electron chi connectivity index (χ3n) is 7.56. The summed E-state index contributed by atoms with van der Waals surface area (Å²) in [6, 6.07) is 45.0. The molecule has 0 bridgehead atoms. The Morgan fingerprint density at radius 2 is 0.588 bits per heavy atom. The van der Waals surface area contributed by atoms with Crippen molar-refractivity contribution in [2.75, 3.05) is 0 Å². The third kappa shape index (κ3) is 2.43. The van der Waals surface area contributed by atoms with Crippen LogP contribution in [0.25, 0.3) is 75.4 Å². The van der Waals surface area contributed by atoms with E-state index in [0.29, 0.717) is 0 Å². The Morgan fingerprint density at radius 3 is 1.09 bits per heavy atom. The molecule has 156 valence electrons. The topological polar surface area (TPSA) is 0 Å². The summed E-state index contributed by atoms with van der Waals surface area (Å²) in [5, 5.41) is 18.3. The van der Waals surface area contributed by atoms with Gasteiger partial charge in [-0.1, -0.05) is 97.1 Å². The monoisotopic (exact) mass is 428 g/mol. The Balaban J connectivity index is 1.49. The van der Waals surface area contributed by atoms with Gasteiger partial charge in [0.1, 0.15) is 0 Å². The van der Waals surface area contributed by atoms with Crippen molar-refractivity contribution in [3.8, 4) is 0 Å². The average molecular weight is 429 g/mol. The SMILES string of the molecule is c1ccc2c(c1)ccc1c3cc4cc5c(ccc6c7ccccc7ccc56)cc4cc3ccc21. The maximum atomic E-state index is 2.39. The van der Waals surface area contributed by atoms with Crippen LogP contribution in [-0.2, 0) is 0 Å². The van der Waals surface area contributed by atoms with E-state index < -0.39 is 0 Å². The van der Waals surface area contributed by atoms with E-state index in [1.54, 1.807) is 0 Å². The molecule has 0 N–H and O–H groups in total. The second-order valence-electron chi connectivity index (χ2n) is 9.39. The van der Waals surface area contributed by atoms with Crippen LogP contribution in [0.4, 0.5) is 0 Å². The zero-order valence-electron chi connectivity index (χ0n) is 18.5. The van der Waals surface area contributed by atoms with E-state index in [2.05, 4.69) is 121 Å². The molecule has 0 aromatic heterocycles. The summed E-state index contributed by atoms with van der Waals surface area (Å²) in [4.78, 5) is 0. The van der Waals surface area contributed by atoms with E-state index in [4.69, 9.17) is 0 Å². The molecule has 0 atom stereocenters. The van der Waals surface area contributed by atoms with Crippen LogP contribution in [0, 0.1) is 0 Å². The van der Waals surface area contributed by atoms with Crippen molar-refractivity contribution in [2.24, 2.45) is 0 Å². The minimum absolute atomic E-state index is 1.29. The van der Waals surface area contributed by atoms with Gasteiger partial charge >= 0.3 is 0 Å². The maximum absolute atomic E-state index is 2.39. The van der Waals surface area contributed by atoms with Gasteiger partial charge in [-0.3, -0.25) is 0 Å². The van der Waals surface area contributed by atoms with Crippen molar-refractivity contribution < 1.29 is 0 Å². The highest BCUT2D eigenvalue weighted by Gasteiger charge is 2.09. The zero-order valence-corrected chi connectivity index (χ0v) is 18.5. The van der Waals surface area contributed by atoms with Crippen LogP contribution < -0.4 is 0 Å². The fourth-order valence-electron chi connectivity index (χ4n) is 5.89. The van der Waals surface area contributed by atoms with Crippen molar-refractivity contribution in [3.05, 3.63) is 121 Å². The van der Waals surface area contributed by atoms with Crippen molar-refractivity contribution >= 4 is 75.4 Å². The van der Waals surface area contributed by atoms with Gasteiger partial charge in [0.25, 0.3) is 0 Å². The number of hydrogen-bond donors (Lipinski definition) is 0. The molecule has 0 unspecified atom stereocenters. The van der Waals surface area contributed by atoms with Crippen molar-refractivity contribution in [3.63, 3.8) is 0 Å². The molecule has 0 aliphatic carbocycles. The molecule has 0 aliphatic rings. The minimum Gasteiger partial charge on any atom is -0.0616 e. The molecule has 0 heteroatoms. The predicted molar refractivity (Wildman–Crippen MR) is 149 cm³/mol. The maximum Gasteiger partial charge on any atom is -0.00987 e. The molecule has 8 aromatic rings. The van der Waals surface area contributed by atoms with Crippen LogP contribution in [0.1, 0.15) is 0 Å². The van der Waals surface area contributed by atoms with Gasteiger partial charge in [-0.25, -0.2) is 0 Å². The fourth-order valence-corrected chi connectivity index (χ4v) is 5.89. The van der Waals surface area contributed by atoms with Crippen molar-refractivity contribution in [1.82, 2.24) is 0 Å². The van der Waals surface area contributed by atoms with E-state index in [-0.39, 0.29) is 0 Å². The minimum atomic E-state index is 1.29. The highest BCUT2D eigenvalue weighted by Crippen LogP contribution is 2.37. The van der Waals surface area contributed by atoms with Crippen molar-refractivity contribution in [2.45, 2.75) is 0 Å². The molecule has 34 heavy (non-hydrogen) atoms. The quantitative estimate of drug-likeness (QED) is 0.166. The molecule has 0 nitrogen and oxygen atoms in total. The average Bonchev–Trinajstić information content (AvgIpc) is 2.90. The first-order valence-corrected chi connectivity index (χ1v) is 11.9. The Morgan fingerprint density at radius 1 is 0.206 bits per heavy atom. The summed E-state index contributed by atoms with van der Waals surface area (Å²) >= 11 is 0. The van der Waals surface area contributed by atoms with Gasteiger partial charge in [-0.2, -0.15) is 0 Å². The number of benzene rings is 8. The Kier molecular flexibility index (Phi) is 3.48. The summed E-state index contributed by atoms with van der Waals surface area (Å²) in [5.74, 6) is 0. The molecule has 0 saturated heterocycles. The van der Waals surface area contributed by atoms with Crippen LogP contribution in [0.3, 0.4) is 0 Å². The van der Waals surface area contributed by atoms with E-state index in [1.807, 2.05) is 0 Å². The van der Waals surface area contributed by atoms with E-state index >= 15 is 0 Å². The summed E-state index contributed by atoms with van der Waals surface area (Å²) in [7, 11) is 0. The lowest BCUT2D eigenvalue weighted by molar-refractivity contribution is 1.78. The Labute approximate surface area is 196 Å². The van der Waals surface area contributed by atoms with Gasteiger partial charge in [0.15, 0.2) is 0 Å². The molecular formula is C34H20. The van der Waals surface area contributed by atoms with Crippen molar-refractivity contribution in [1.29, 1.82) is 0 Å². The van der Waals surface area contributed by atoms with Crippen LogP contribution in [0.2, 0.25) is 0 Å². The van der Waals surface area contributed by atoms with E-state index in [0.717, 1.165) is 0 Å². The Hall–Kier alpha value is -4.42. The largest absolute Gasteiger partial charge is 0.0616 e. The van der Waals surface area contributed by atoms with Gasteiger partial charge in [-0.15, -0.1) is 0 Å². The molecule has 0 fully saturated rings. The van der Waals surface area contributed by atoms with Crippen LogP contribution in [-0.4, -0.2) is 0 Å². The van der Waals surface area contributed by atoms with Crippen LogP contribution in [0.5, 0.6) is 0 Å². The smallest absolute Gasteiger partial charge is 0.00987 e. The number of hydrogen-bond acceptors (Lipinski definition) is 0. The zero-order chi connectivity index (χ0) is 22.2. The summed E-state index contributed by atoms with van der Waals surface area (Å²) in [6.45, 7) is 0. The third-order valence-corrected chi connectivity index (χ3v) is 7.56. The van der Waals surface area contributed by atoms with E-state index in [9.17, 15) is 0 Å². The molecule has 0 amide bonds. The standard InChI is InChI=1S/C34H20/c1-3-7-27-21(5-1)9-13-31-29(27)15-11-23-17-25-18-24-12-16-30-28-8-4-2-6-22(28)10-14-32(30)34(24)20-26(25)19-33(23)31/h1-20H. The second-order valence-corrected chi connectivity index (χ2v) is 9.39. The van der Waals surface area contributed by atoms with Gasteiger partial charge < -0.3 is 0 Å². The lowest BCUT2D eigenvalue weighted by Crippen LogP contribution is -1.84. The molecule has 0 heterocycles. The Bertz CT molecular complexity index is 1960. The molecule has 0 saturated carbocycles.